The fraction of sp³-hybridized carbons (Fsp3) is 0.385. The van der Waals surface area contributed by atoms with Crippen LogP contribution in [0.15, 0.2) is 24.3 Å². The summed E-state index contributed by atoms with van der Waals surface area (Å²) in [7, 11) is 0. The molecule has 1 aliphatic rings. The lowest BCUT2D eigenvalue weighted by Gasteiger charge is -2.18. The predicted molar refractivity (Wildman–Crippen MR) is 63.4 cm³/mol. The molecule has 1 atom stereocenters. The van der Waals surface area contributed by atoms with Gasteiger partial charge in [-0.2, -0.15) is 13.2 Å². The summed E-state index contributed by atoms with van der Waals surface area (Å²) in [6.07, 6.45) is -4.85. The first-order valence-corrected chi connectivity index (χ1v) is 6.02. The first kappa shape index (κ1) is 15.3. The van der Waals surface area contributed by atoms with Crippen molar-refractivity contribution in [3.63, 3.8) is 0 Å². The summed E-state index contributed by atoms with van der Waals surface area (Å²) in [6, 6.07) is 3.49. The van der Waals surface area contributed by atoms with Gasteiger partial charge in [-0.1, -0.05) is 0 Å². The number of alkyl halides is 4. The van der Waals surface area contributed by atoms with Gasteiger partial charge in [-0.05, 0) is 24.3 Å². The predicted octanol–water partition coefficient (Wildman–Crippen LogP) is 2.34. The van der Waals surface area contributed by atoms with E-state index >= 15 is 0 Å². The Hall–Kier alpha value is -2.12. The Morgan fingerprint density at radius 3 is 2.19 bits per heavy atom. The molecular weight excluding hydrogens is 294 g/mol. The highest BCUT2D eigenvalue weighted by atomic mass is 19.4. The molecule has 1 aliphatic heterocycles. The average Bonchev–Trinajstić information content (AvgIpc) is 2.81. The molecule has 1 aromatic carbocycles. The third-order valence-corrected chi connectivity index (χ3v) is 3.35. The maximum absolute atomic E-state index is 13.8. The molecule has 0 spiro atoms. The molecule has 0 radical (unpaired) electrons. The Balaban J connectivity index is 2.13. The van der Waals surface area contributed by atoms with Gasteiger partial charge >= 0.3 is 12.1 Å². The van der Waals surface area contributed by atoms with E-state index in [2.05, 4.69) is 0 Å². The van der Waals surface area contributed by atoms with Gasteiger partial charge in [0, 0.05) is 18.5 Å². The van der Waals surface area contributed by atoms with Crippen molar-refractivity contribution in [3.8, 4) is 0 Å². The van der Waals surface area contributed by atoms with E-state index in [0.717, 1.165) is 29.2 Å². The molecule has 0 aromatic heterocycles. The number of carboxylic acids is 1. The molecule has 0 saturated carbocycles. The SMILES string of the molecule is O=C(c1ccc(C(F)(F)F)cc1)N1CCC(F)(C(=O)O)C1. The first-order valence-electron chi connectivity index (χ1n) is 6.02. The molecule has 1 N–H and O–H groups in total. The molecule has 0 aliphatic carbocycles. The van der Waals surface area contributed by atoms with Gasteiger partial charge in [0.15, 0.2) is 0 Å². The molecule has 1 aromatic rings. The zero-order chi connectivity index (χ0) is 15.8. The number of rotatable bonds is 2. The molecule has 8 heteroatoms. The lowest BCUT2D eigenvalue weighted by molar-refractivity contribution is -0.149. The number of nitrogens with zero attached hydrogens (tertiary/aromatic N) is 1. The summed E-state index contributed by atoms with van der Waals surface area (Å²) in [4.78, 5) is 23.7. The zero-order valence-electron chi connectivity index (χ0n) is 10.7. The highest BCUT2D eigenvalue weighted by Gasteiger charge is 2.47. The van der Waals surface area contributed by atoms with E-state index in [4.69, 9.17) is 5.11 Å². The largest absolute Gasteiger partial charge is 0.479 e. The van der Waals surface area contributed by atoms with Crippen LogP contribution in [0.2, 0.25) is 0 Å². The van der Waals surface area contributed by atoms with E-state index in [1.165, 1.54) is 0 Å². The van der Waals surface area contributed by atoms with Crippen LogP contribution in [-0.4, -0.2) is 40.6 Å². The van der Waals surface area contributed by atoms with Crippen LogP contribution in [0.3, 0.4) is 0 Å². The Kier molecular flexibility index (Phi) is 3.65. The summed E-state index contributed by atoms with van der Waals surface area (Å²) in [5, 5.41) is 8.73. The van der Waals surface area contributed by atoms with E-state index in [-0.39, 0.29) is 18.5 Å². The number of halogens is 4. The van der Waals surface area contributed by atoms with Crippen LogP contribution in [0.1, 0.15) is 22.3 Å². The zero-order valence-corrected chi connectivity index (χ0v) is 10.7. The average molecular weight is 305 g/mol. The van der Waals surface area contributed by atoms with Crippen LogP contribution in [0.25, 0.3) is 0 Å². The molecule has 21 heavy (non-hydrogen) atoms. The Labute approximate surface area is 117 Å². The highest BCUT2D eigenvalue weighted by Crippen LogP contribution is 2.30. The van der Waals surface area contributed by atoms with Gasteiger partial charge in [0.2, 0.25) is 5.67 Å². The molecule has 4 nitrogen and oxygen atoms in total. The van der Waals surface area contributed by atoms with Gasteiger partial charge in [0.25, 0.3) is 5.91 Å². The Morgan fingerprint density at radius 1 is 1.19 bits per heavy atom. The number of carbonyl (C=O) groups is 2. The van der Waals surface area contributed by atoms with Crippen LogP contribution < -0.4 is 0 Å². The minimum absolute atomic E-state index is 0.0439. The fourth-order valence-corrected chi connectivity index (χ4v) is 2.11. The van der Waals surface area contributed by atoms with E-state index < -0.39 is 35.8 Å². The van der Waals surface area contributed by atoms with Crippen molar-refractivity contribution >= 4 is 11.9 Å². The minimum atomic E-state index is -4.51. The summed E-state index contributed by atoms with van der Waals surface area (Å²) in [5.74, 6) is -2.34. The molecule has 0 bridgehead atoms. The van der Waals surface area contributed by atoms with Gasteiger partial charge in [-0.25, -0.2) is 9.18 Å². The lowest BCUT2D eigenvalue weighted by atomic mass is 10.1. The monoisotopic (exact) mass is 305 g/mol. The van der Waals surface area contributed by atoms with Crippen molar-refractivity contribution < 1.29 is 32.3 Å². The number of carboxylic acid groups (broad SMARTS) is 1. The van der Waals surface area contributed by atoms with E-state index in [0.29, 0.717) is 0 Å². The van der Waals surface area contributed by atoms with Crippen molar-refractivity contribution in [1.29, 1.82) is 0 Å². The van der Waals surface area contributed by atoms with Crippen LogP contribution >= 0.6 is 0 Å². The third-order valence-electron chi connectivity index (χ3n) is 3.35. The first-order chi connectivity index (χ1) is 9.63. The summed E-state index contributed by atoms with van der Waals surface area (Å²) in [5.41, 5.74) is -3.44. The molecule has 1 unspecified atom stereocenters. The smallest absolute Gasteiger partial charge is 0.416 e. The van der Waals surface area contributed by atoms with Crippen molar-refractivity contribution in [2.45, 2.75) is 18.3 Å². The molecule has 2 rings (SSSR count). The van der Waals surface area contributed by atoms with E-state index in [9.17, 15) is 27.2 Å². The number of hydrogen-bond donors (Lipinski definition) is 1. The summed E-state index contributed by atoms with van der Waals surface area (Å²) in [6.45, 7) is -0.704. The van der Waals surface area contributed by atoms with Gasteiger partial charge < -0.3 is 10.0 Å². The van der Waals surface area contributed by atoms with E-state index in [1.54, 1.807) is 0 Å². The van der Waals surface area contributed by atoms with Crippen molar-refractivity contribution in [2.75, 3.05) is 13.1 Å². The van der Waals surface area contributed by atoms with Crippen LogP contribution in [0, 0.1) is 0 Å². The second-order valence-electron chi connectivity index (χ2n) is 4.82. The quantitative estimate of drug-likeness (QED) is 0.853. The lowest BCUT2D eigenvalue weighted by Crippen LogP contribution is -2.38. The molecule has 1 amide bonds. The standard InChI is InChI=1S/C13H11F4NO3/c14-12(11(20)21)5-6-18(7-12)10(19)8-1-3-9(4-2-8)13(15,16)17/h1-4H,5-7H2,(H,20,21). The maximum atomic E-state index is 13.8. The Morgan fingerprint density at radius 2 is 1.76 bits per heavy atom. The molecule has 1 fully saturated rings. The minimum Gasteiger partial charge on any atom is -0.479 e. The summed E-state index contributed by atoms with van der Waals surface area (Å²) >= 11 is 0. The van der Waals surface area contributed by atoms with Gasteiger partial charge in [0.1, 0.15) is 0 Å². The number of hydrogen-bond acceptors (Lipinski definition) is 2. The molecule has 114 valence electrons. The number of carbonyl (C=O) groups excluding carboxylic acids is 1. The number of amides is 1. The highest BCUT2D eigenvalue weighted by molar-refractivity contribution is 5.95. The third kappa shape index (κ3) is 2.98. The number of likely N-dealkylation sites (tertiary alicyclic amines) is 1. The Bertz CT molecular complexity index is 570. The maximum Gasteiger partial charge on any atom is 0.416 e. The molecular formula is C13H11F4NO3. The second-order valence-corrected chi connectivity index (χ2v) is 4.82. The van der Waals surface area contributed by atoms with E-state index in [1.807, 2.05) is 0 Å². The van der Waals surface area contributed by atoms with Crippen LogP contribution in [-0.2, 0) is 11.0 Å². The van der Waals surface area contributed by atoms with Gasteiger partial charge in [-0.3, -0.25) is 4.79 Å². The summed E-state index contributed by atoms with van der Waals surface area (Å²) < 4.78 is 51.0. The van der Waals surface area contributed by atoms with Gasteiger partial charge in [-0.15, -0.1) is 0 Å². The number of aliphatic carboxylic acids is 1. The normalized spacial score (nSPS) is 22.4. The molecule has 1 heterocycles. The van der Waals surface area contributed by atoms with Crippen molar-refractivity contribution in [1.82, 2.24) is 4.90 Å². The number of benzene rings is 1. The van der Waals surface area contributed by atoms with Crippen LogP contribution in [0.5, 0.6) is 0 Å². The van der Waals surface area contributed by atoms with Gasteiger partial charge in [0.05, 0.1) is 12.1 Å². The van der Waals surface area contributed by atoms with Crippen molar-refractivity contribution in [3.05, 3.63) is 35.4 Å². The second kappa shape index (κ2) is 5.01. The fourth-order valence-electron chi connectivity index (χ4n) is 2.11. The molecule has 1 saturated heterocycles. The van der Waals surface area contributed by atoms with Crippen LogP contribution in [0.4, 0.5) is 17.6 Å². The topological polar surface area (TPSA) is 57.6 Å². The van der Waals surface area contributed by atoms with Crippen molar-refractivity contribution in [2.24, 2.45) is 0 Å².